The lowest BCUT2D eigenvalue weighted by molar-refractivity contribution is 0.178. The van der Waals surface area contributed by atoms with Crippen molar-refractivity contribution < 1.29 is 5.11 Å². The van der Waals surface area contributed by atoms with Gasteiger partial charge in [0.2, 0.25) is 0 Å². The Morgan fingerprint density at radius 1 is 1.38 bits per heavy atom. The first-order valence-corrected chi connectivity index (χ1v) is 5.39. The van der Waals surface area contributed by atoms with Gasteiger partial charge in [0.1, 0.15) is 0 Å². The molecule has 1 atom stereocenters. The molecule has 0 aliphatic heterocycles. The van der Waals surface area contributed by atoms with Gasteiger partial charge >= 0.3 is 0 Å². The van der Waals surface area contributed by atoms with Gasteiger partial charge in [-0.05, 0) is 24.6 Å². The van der Waals surface area contributed by atoms with Crippen molar-refractivity contribution in [1.82, 2.24) is 14.8 Å². The van der Waals surface area contributed by atoms with Gasteiger partial charge in [0.05, 0.1) is 12.3 Å². The highest BCUT2D eigenvalue weighted by Gasteiger charge is 2.10. The van der Waals surface area contributed by atoms with Crippen molar-refractivity contribution in [1.29, 1.82) is 0 Å². The van der Waals surface area contributed by atoms with E-state index in [1.807, 2.05) is 29.9 Å². The van der Waals surface area contributed by atoms with E-state index < -0.39 is 6.10 Å². The fourth-order valence-electron chi connectivity index (χ4n) is 1.58. The molecule has 0 aliphatic carbocycles. The predicted octanol–water partition coefficient (Wildman–Crippen LogP) is 1.57. The zero-order valence-corrected chi connectivity index (χ0v) is 9.24. The number of aliphatic hydroxyl groups is 1. The largest absolute Gasteiger partial charge is 0.388 e. The summed E-state index contributed by atoms with van der Waals surface area (Å²) < 4.78 is 1.81. The summed E-state index contributed by atoms with van der Waals surface area (Å²) in [7, 11) is 0. The molecule has 1 unspecified atom stereocenters. The van der Waals surface area contributed by atoms with E-state index in [1.54, 1.807) is 18.6 Å². The first-order chi connectivity index (χ1) is 7.79. The molecule has 2 aromatic rings. The zero-order chi connectivity index (χ0) is 11.4. The van der Waals surface area contributed by atoms with Crippen LogP contribution < -0.4 is 0 Å². The summed E-state index contributed by atoms with van der Waals surface area (Å²) in [6, 6.07) is 3.82. The maximum atomic E-state index is 10.0. The van der Waals surface area contributed by atoms with Gasteiger partial charge in [-0.25, -0.2) is 0 Å². The van der Waals surface area contributed by atoms with E-state index in [2.05, 4.69) is 10.1 Å². The van der Waals surface area contributed by atoms with Crippen LogP contribution in [0.4, 0.5) is 0 Å². The molecule has 84 valence electrons. The van der Waals surface area contributed by atoms with Crippen LogP contribution in [-0.2, 0) is 13.0 Å². The van der Waals surface area contributed by atoms with E-state index >= 15 is 0 Å². The molecule has 0 aliphatic rings. The third kappa shape index (κ3) is 2.46. The Morgan fingerprint density at radius 3 is 2.75 bits per heavy atom. The molecule has 0 saturated carbocycles. The summed E-state index contributed by atoms with van der Waals surface area (Å²) >= 11 is 0. The lowest BCUT2D eigenvalue weighted by atomic mass is 10.1. The summed E-state index contributed by atoms with van der Waals surface area (Å²) in [5, 5.41) is 14.2. The molecule has 0 fully saturated rings. The molecule has 0 aromatic carbocycles. The highest BCUT2D eigenvalue weighted by molar-refractivity contribution is 5.16. The Bertz CT molecular complexity index is 439. The quantitative estimate of drug-likeness (QED) is 0.845. The summed E-state index contributed by atoms with van der Waals surface area (Å²) in [6.07, 6.45) is 7.16. The Balaban J connectivity index is 2.05. The molecule has 4 nitrogen and oxygen atoms in total. The molecule has 0 spiro atoms. The van der Waals surface area contributed by atoms with Gasteiger partial charge in [-0.1, -0.05) is 0 Å². The van der Waals surface area contributed by atoms with Gasteiger partial charge in [0.25, 0.3) is 0 Å². The van der Waals surface area contributed by atoms with E-state index in [0.29, 0.717) is 6.42 Å². The number of aromatic nitrogens is 3. The van der Waals surface area contributed by atoms with Crippen LogP contribution in [0.1, 0.15) is 24.2 Å². The van der Waals surface area contributed by atoms with Crippen molar-refractivity contribution in [2.45, 2.75) is 26.0 Å². The summed E-state index contributed by atoms with van der Waals surface area (Å²) in [5.41, 5.74) is 1.94. The Labute approximate surface area is 94.6 Å². The van der Waals surface area contributed by atoms with Crippen LogP contribution in [-0.4, -0.2) is 19.9 Å². The molecule has 4 heteroatoms. The molecule has 0 bridgehead atoms. The minimum absolute atomic E-state index is 0.498. The van der Waals surface area contributed by atoms with Crippen molar-refractivity contribution in [3.05, 3.63) is 48.0 Å². The molecule has 16 heavy (non-hydrogen) atoms. The maximum absolute atomic E-state index is 10.0. The number of hydrogen-bond donors (Lipinski definition) is 1. The number of pyridine rings is 1. The zero-order valence-electron chi connectivity index (χ0n) is 9.24. The maximum Gasteiger partial charge on any atom is 0.0860 e. The second kappa shape index (κ2) is 4.90. The van der Waals surface area contributed by atoms with Crippen LogP contribution in [0.5, 0.6) is 0 Å². The topological polar surface area (TPSA) is 50.9 Å². The lowest BCUT2D eigenvalue weighted by Gasteiger charge is -2.07. The predicted molar refractivity (Wildman–Crippen MR) is 60.8 cm³/mol. The second-order valence-electron chi connectivity index (χ2n) is 3.70. The van der Waals surface area contributed by atoms with Crippen LogP contribution in [0.15, 0.2) is 36.9 Å². The van der Waals surface area contributed by atoms with Crippen molar-refractivity contribution >= 4 is 0 Å². The summed E-state index contributed by atoms with van der Waals surface area (Å²) in [4.78, 5) is 3.94. The molecule has 2 aromatic heterocycles. The average molecular weight is 217 g/mol. The minimum Gasteiger partial charge on any atom is -0.388 e. The van der Waals surface area contributed by atoms with Crippen LogP contribution in [0.25, 0.3) is 0 Å². The smallest absolute Gasteiger partial charge is 0.0860 e. The van der Waals surface area contributed by atoms with Crippen molar-refractivity contribution in [2.24, 2.45) is 0 Å². The number of hydrogen-bond acceptors (Lipinski definition) is 3. The van der Waals surface area contributed by atoms with Crippen molar-refractivity contribution in [3.8, 4) is 0 Å². The monoisotopic (exact) mass is 217 g/mol. The van der Waals surface area contributed by atoms with E-state index in [9.17, 15) is 5.11 Å². The number of aryl methyl sites for hydroxylation is 1. The van der Waals surface area contributed by atoms with E-state index in [4.69, 9.17) is 0 Å². The molecule has 0 radical (unpaired) electrons. The van der Waals surface area contributed by atoms with Crippen LogP contribution in [0, 0.1) is 0 Å². The van der Waals surface area contributed by atoms with Crippen LogP contribution >= 0.6 is 0 Å². The summed E-state index contributed by atoms with van der Waals surface area (Å²) in [5.74, 6) is 0. The Kier molecular flexibility index (Phi) is 3.31. The Hall–Kier alpha value is -1.68. The molecular weight excluding hydrogens is 202 g/mol. The Morgan fingerprint density at radius 2 is 2.12 bits per heavy atom. The third-order valence-corrected chi connectivity index (χ3v) is 2.54. The molecule has 2 rings (SSSR count). The number of rotatable bonds is 4. The molecular formula is C12H15N3O. The van der Waals surface area contributed by atoms with Gasteiger partial charge in [0, 0.05) is 37.1 Å². The van der Waals surface area contributed by atoms with Crippen LogP contribution in [0.3, 0.4) is 0 Å². The van der Waals surface area contributed by atoms with Gasteiger partial charge in [0.15, 0.2) is 0 Å². The third-order valence-electron chi connectivity index (χ3n) is 2.54. The van der Waals surface area contributed by atoms with Gasteiger partial charge in [-0.15, -0.1) is 0 Å². The number of aliphatic hydroxyl groups excluding tert-OH is 1. The van der Waals surface area contributed by atoms with Crippen molar-refractivity contribution in [2.75, 3.05) is 0 Å². The first-order valence-electron chi connectivity index (χ1n) is 5.39. The summed E-state index contributed by atoms with van der Waals surface area (Å²) in [6.45, 7) is 2.84. The van der Waals surface area contributed by atoms with Gasteiger partial charge in [-0.3, -0.25) is 9.67 Å². The molecule has 0 saturated heterocycles. The normalized spacial score (nSPS) is 12.6. The molecule has 1 N–H and O–H groups in total. The SMILES string of the molecule is CCn1cc(C(O)Cc2ccncc2)cn1. The van der Waals surface area contributed by atoms with Gasteiger partial charge < -0.3 is 5.11 Å². The fourth-order valence-corrected chi connectivity index (χ4v) is 1.58. The average Bonchev–Trinajstić information content (AvgIpc) is 2.79. The second-order valence-corrected chi connectivity index (χ2v) is 3.70. The van der Waals surface area contributed by atoms with Gasteiger partial charge in [-0.2, -0.15) is 5.10 Å². The van der Waals surface area contributed by atoms with Crippen molar-refractivity contribution in [3.63, 3.8) is 0 Å². The van der Waals surface area contributed by atoms with Crippen LogP contribution in [0.2, 0.25) is 0 Å². The fraction of sp³-hybridized carbons (Fsp3) is 0.333. The molecule has 0 amide bonds. The molecule has 2 heterocycles. The minimum atomic E-state index is -0.498. The first kappa shape index (κ1) is 10.8. The highest BCUT2D eigenvalue weighted by atomic mass is 16.3. The lowest BCUT2D eigenvalue weighted by Crippen LogP contribution is -2.01. The standard InChI is InChI=1S/C12H15N3O/c1-2-15-9-11(8-14-15)12(16)7-10-3-5-13-6-4-10/h3-6,8-9,12,16H,2,7H2,1H3. The van der Waals surface area contributed by atoms with E-state index in [-0.39, 0.29) is 0 Å². The van der Waals surface area contributed by atoms with E-state index in [0.717, 1.165) is 17.7 Å². The number of nitrogens with zero attached hydrogens (tertiary/aromatic N) is 3. The highest BCUT2D eigenvalue weighted by Crippen LogP contribution is 2.16. The van der Waals surface area contributed by atoms with E-state index in [1.165, 1.54) is 0 Å².